The standard InChI is InChI=1S/C28H34N4O2/c1-21-26(20-24-10-13-25(34-3)14-11-24)28(30-22(2)29-21)32-17-7-16-31(18-19-32)27(33)15-12-23-8-5-4-6-9-23/h4-6,8-11,13-14H,7,12,15-20H2,1-3H3. The third-order valence-electron chi connectivity index (χ3n) is 6.46. The van der Waals surface area contributed by atoms with Crippen molar-refractivity contribution in [2.75, 3.05) is 38.2 Å². The van der Waals surface area contributed by atoms with E-state index in [2.05, 4.69) is 41.1 Å². The van der Waals surface area contributed by atoms with E-state index in [1.54, 1.807) is 7.11 Å². The van der Waals surface area contributed by atoms with Crippen LogP contribution in [0.1, 0.15) is 41.1 Å². The maximum atomic E-state index is 12.9. The van der Waals surface area contributed by atoms with Gasteiger partial charge in [-0.3, -0.25) is 4.79 Å². The normalized spacial score (nSPS) is 14.1. The number of amides is 1. The molecule has 1 aromatic heterocycles. The van der Waals surface area contributed by atoms with Crippen LogP contribution in [0.25, 0.3) is 0 Å². The third-order valence-corrected chi connectivity index (χ3v) is 6.46. The van der Waals surface area contributed by atoms with E-state index in [0.29, 0.717) is 6.42 Å². The van der Waals surface area contributed by atoms with Crippen LogP contribution in [0.2, 0.25) is 0 Å². The SMILES string of the molecule is COc1ccc(Cc2c(C)nc(C)nc2N2CCCN(C(=O)CCc3ccccc3)CC2)cc1. The Bertz CT molecular complexity index is 1100. The second kappa shape index (κ2) is 11.1. The molecule has 2 aromatic carbocycles. The largest absolute Gasteiger partial charge is 0.497 e. The van der Waals surface area contributed by atoms with E-state index < -0.39 is 0 Å². The molecule has 1 amide bonds. The molecular formula is C28H34N4O2. The topological polar surface area (TPSA) is 58.6 Å². The molecule has 6 heteroatoms. The summed E-state index contributed by atoms with van der Waals surface area (Å²) in [6.45, 7) is 7.19. The van der Waals surface area contributed by atoms with Gasteiger partial charge in [0.25, 0.3) is 0 Å². The Kier molecular flexibility index (Phi) is 7.78. The van der Waals surface area contributed by atoms with Gasteiger partial charge >= 0.3 is 0 Å². The summed E-state index contributed by atoms with van der Waals surface area (Å²) in [5, 5.41) is 0. The van der Waals surface area contributed by atoms with Crippen LogP contribution in [0.3, 0.4) is 0 Å². The van der Waals surface area contributed by atoms with E-state index in [-0.39, 0.29) is 5.91 Å². The molecule has 0 bridgehead atoms. The molecule has 0 unspecified atom stereocenters. The van der Waals surface area contributed by atoms with Gasteiger partial charge in [0, 0.05) is 50.3 Å². The molecule has 0 N–H and O–H groups in total. The molecule has 1 fully saturated rings. The first kappa shape index (κ1) is 23.7. The number of methoxy groups -OCH3 is 1. The van der Waals surface area contributed by atoms with Crippen molar-refractivity contribution < 1.29 is 9.53 Å². The smallest absolute Gasteiger partial charge is 0.222 e. The molecule has 34 heavy (non-hydrogen) atoms. The zero-order valence-electron chi connectivity index (χ0n) is 20.5. The summed E-state index contributed by atoms with van der Waals surface area (Å²) in [7, 11) is 1.68. The van der Waals surface area contributed by atoms with Crippen LogP contribution in [-0.2, 0) is 17.6 Å². The van der Waals surface area contributed by atoms with Gasteiger partial charge in [-0.1, -0.05) is 42.5 Å². The van der Waals surface area contributed by atoms with Gasteiger partial charge in [0.1, 0.15) is 17.4 Å². The fraction of sp³-hybridized carbons (Fsp3) is 0.393. The van der Waals surface area contributed by atoms with Crippen molar-refractivity contribution in [3.63, 3.8) is 0 Å². The lowest BCUT2D eigenvalue weighted by Crippen LogP contribution is -2.36. The Morgan fingerprint density at radius 2 is 1.68 bits per heavy atom. The quantitative estimate of drug-likeness (QED) is 0.526. The Balaban J connectivity index is 1.45. The summed E-state index contributed by atoms with van der Waals surface area (Å²) in [5.41, 5.74) is 4.57. The summed E-state index contributed by atoms with van der Waals surface area (Å²) >= 11 is 0. The average molecular weight is 459 g/mol. The summed E-state index contributed by atoms with van der Waals surface area (Å²) in [5.74, 6) is 2.87. The first-order valence-corrected chi connectivity index (χ1v) is 12.1. The van der Waals surface area contributed by atoms with Gasteiger partial charge in [-0.2, -0.15) is 0 Å². The molecule has 0 aliphatic carbocycles. The van der Waals surface area contributed by atoms with Crippen molar-refractivity contribution in [1.29, 1.82) is 0 Å². The van der Waals surface area contributed by atoms with Crippen molar-refractivity contribution in [2.45, 2.75) is 39.5 Å². The highest BCUT2D eigenvalue weighted by molar-refractivity contribution is 5.76. The summed E-state index contributed by atoms with van der Waals surface area (Å²) in [6, 6.07) is 18.4. The van der Waals surface area contributed by atoms with Gasteiger partial charge in [0.05, 0.1) is 7.11 Å². The molecule has 0 spiro atoms. The van der Waals surface area contributed by atoms with Gasteiger partial charge in [-0.05, 0) is 49.9 Å². The highest BCUT2D eigenvalue weighted by atomic mass is 16.5. The van der Waals surface area contributed by atoms with Crippen molar-refractivity contribution in [1.82, 2.24) is 14.9 Å². The van der Waals surface area contributed by atoms with Gasteiger partial charge in [0.15, 0.2) is 0 Å². The molecule has 3 aromatic rings. The van der Waals surface area contributed by atoms with Gasteiger partial charge in [-0.15, -0.1) is 0 Å². The second-order valence-electron chi connectivity index (χ2n) is 8.89. The van der Waals surface area contributed by atoms with Gasteiger partial charge < -0.3 is 14.5 Å². The number of carbonyl (C=O) groups excluding carboxylic acids is 1. The van der Waals surface area contributed by atoms with Crippen LogP contribution in [0.15, 0.2) is 54.6 Å². The van der Waals surface area contributed by atoms with Gasteiger partial charge in [0.2, 0.25) is 5.91 Å². The van der Waals surface area contributed by atoms with Crippen LogP contribution < -0.4 is 9.64 Å². The van der Waals surface area contributed by atoms with Crippen LogP contribution in [0.4, 0.5) is 5.82 Å². The van der Waals surface area contributed by atoms with Crippen molar-refractivity contribution in [3.05, 3.63) is 82.8 Å². The maximum absolute atomic E-state index is 12.9. The number of rotatable bonds is 7. The number of anilines is 1. The fourth-order valence-electron chi connectivity index (χ4n) is 4.57. The summed E-state index contributed by atoms with van der Waals surface area (Å²) in [6.07, 6.45) is 3.04. The average Bonchev–Trinajstić information content (AvgIpc) is 3.11. The van der Waals surface area contributed by atoms with E-state index in [1.807, 2.05) is 42.2 Å². The minimum absolute atomic E-state index is 0.235. The van der Waals surface area contributed by atoms with E-state index in [0.717, 1.165) is 74.1 Å². The number of hydrogen-bond acceptors (Lipinski definition) is 5. The van der Waals surface area contributed by atoms with Crippen molar-refractivity contribution in [3.8, 4) is 5.75 Å². The number of carbonyl (C=O) groups is 1. The van der Waals surface area contributed by atoms with Gasteiger partial charge in [-0.25, -0.2) is 9.97 Å². The van der Waals surface area contributed by atoms with E-state index in [4.69, 9.17) is 9.72 Å². The lowest BCUT2D eigenvalue weighted by Gasteiger charge is -2.26. The monoisotopic (exact) mass is 458 g/mol. The van der Waals surface area contributed by atoms with Crippen LogP contribution >= 0.6 is 0 Å². The molecule has 0 atom stereocenters. The fourth-order valence-corrected chi connectivity index (χ4v) is 4.57. The minimum atomic E-state index is 0.235. The number of hydrogen-bond donors (Lipinski definition) is 0. The number of ether oxygens (including phenoxy) is 1. The zero-order chi connectivity index (χ0) is 23.9. The maximum Gasteiger partial charge on any atom is 0.222 e. The third kappa shape index (κ3) is 5.93. The predicted octanol–water partition coefficient (Wildman–Crippen LogP) is 4.36. The van der Waals surface area contributed by atoms with E-state index >= 15 is 0 Å². The summed E-state index contributed by atoms with van der Waals surface area (Å²) in [4.78, 5) is 26.8. The first-order chi connectivity index (χ1) is 16.5. The molecule has 1 saturated heterocycles. The van der Waals surface area contributed by atoms with E-state index in [1.165, 1.54) is 11.1 Å². The number of nitrogens with zero attached hydrogens (tertiary/aromatic N) is 4. The molecule has 0 saturated carbocycles. The molecule has 1 aliphatic heterocycles. The molecule has 4 rings (SSSR count). The molecule has 1 aliphatic rings. The minimum Gasteiger partial charge on any atom is -0.497 e. The van der Waals surface area contributed by atoms with Crippen LogP contribution in [-0.4, -0.2) is 54.1 Å². The van der Waals surface area contributed by atoms with Crippen molar-refractivity contribution in [2.24, 2.45) is 0 Å². The molecule has 178 valence electrons. The highest BCUT2D eigenvalue weighted by Crippen LogP contribution is 2.26. The van der Waals surface area contributed by atoms with E-state index in [9.17, 15) is 4.79 Å². The molecule has 0 radical (unpaired) electrons. The first-order valence-electron chi connectivity index (χ1n) is 12.1. The molecule has 2 heterocycles. The Morgan fingerprint density at radius 1 is 0.912 bits per heavy atom. The Morgan fingerprint density at radius 3 is 2.41 bits per heavy atom. The Hall–Kier alpha value is -3.41. The number of aromatic nitrogens is 2. The van der Waals surface area contributed by atoms with Crippen LogP contribution in [0.5, 0.6) is 5.75 Å². The highest BCUT2D eigenvalue weighted by Gasteiger charge is 2.23. The van der Waals surface area contributed by atoms with Crippen molar-refractivity contribution >= 4 is 11.7 Å². The predicted molar refractivity (Wildman–Crippen MR) is 135 cm³/mol. The lowest BCUT2D eigenvalue weighted by atomic mass is 10.0. The lowest BCUT2D eigenvalue weighted by molar-refractivity contribution is -0.130. The molecular weight excluding hydrogens is 424 g/mol. The zero-order valence-corrected chi connectivity index (χ0v) is 20.5. The molecule has 6 nitrogen and oxygen atoms in total. The number of benzene rings is 2. The van der Waals surface area contributed by atoms with Crippen LogP contribution in [0, 0.1) is 13.8 Å². The summed E-state index contributed by atoms with van der Waals surface area (Å²) < 4.78 is 5.30. The second-order valence-corrected chi connectivity index (χ2v) is 8.89. The number of aryl methyl sites for hydroxylation is 3. The Labute approximate surface area is 202 Å².